The van der Waals surface area contributed by atoms with Crippen molar-refractivity contribution in [1.82, 2.24) is 0 Å². The number of methoxy groups -OCH3 is 2. The fourth-order valence-electron chi connectivity index (χ4n) is 31.5. The molecule has 5 saturated heterocycles. The fraction of sp³-hybridized carbons (Fsp3) is 0.973. The maximum Gasteiger partial charge on any atom is 0.320 e. The zero-order chi connectivity index (χ0) is 56.8. The van der Waals surface area contributed by atoms with Crippen molar-refractivity contribution in [2.45, 2.75) is 160 Å². The maximum absolute atomic E-state index is 15.8. The van der Waals surface area contributed by atoms with E-state index in [1.165, 1.54) is 135 Å². The molecular weight excluding hydrogens is 1070 g/mol. The first-order valence-corrected chi connectivity index (χ1v) is 36.8. The summed E-state index contributed by atoms with van der Waals surface area (Å²) in [5, 5.41) is 26.9. The Balaban J connectivity index is 0.831. The highest BCUT2D eigenvalue weighted by molar-refractivity contribution is 5.95. The first kappa shape index (κ1) is 56.4. The van der Waals surface area contributed by atoms with Crippen LogP contribution in [0.4, 0.5) is 0 Å². The van der Waals surface area contributed by atoms with Gasteiger partial charge in [0.1, 0.15) is 13.2 Å². The van der Waals surface area contributed by atoms with Crippen LogP contribution < -0.4 is 0 Å². The summed E-state index contributed by atoms with van der Waals surface area (Å²) in [6.07, 6.45) is 27.3. The molecule has 2 N–H and O–H groups in total. The molecule has 12 heteroatoms. The minimum atomic E-state index is -1.04. The van der Waals surface area contributed by atoms with E-state index in [-0.39, 0.29) is 55.1 Å². The molecule has 5 aliphatic heterocycles. The Morgan fingerprint density at radius 2 is 0.929 bits per heavy atom. The molecule has 5 heterocycles. The third-order valence-corrected chi connectivity index (χ3v) is 32.6. The Hall–Kier alpha value is -1.38. The van der Waals surface area contributed by atoms with E-state index in [0.29, 0.717) is 170 Å². The van der Waals surface area contributed by atoms with E-state index < -0.39 is 24.4 Å². The van der Waals surface area contributed by atoms with Gasteiger partial charge in [-0.3, -0.25) is 9.59 Å². The molecule has 0 aromatic rings. The number of aliphatic hydroxyl groups is 2. The minimum absolute atomic E-state index is 0.0944. The van der Waals surface area contributed by atoms with E-state index in [2.05, 4.69) is 0 Å². The van der Waals surface area contributed by atoms with Gasteiger partial charge in [-0.15, -0.1) is 0 Å². The summed E-state index contributed by atoms with van der Waals surface area (Å²) in [5.41, 5.74) is -0.0451. The molecule has 0 radical (unpaired) electrons. The summed E-state index contributed by atoms with van der Waals surface area (Å²) in [5.74, 6) is 15.9. The van der Waals surface area contributed by atoms with E-state index in [1.807, 2.05) is 0 Å². The quantitative estimate of drug-likeness (QED) is 0.0913. The van der Waals surface area contributed by atoms with Gasteiger partial charge in [0.25, 0.3) is 0 Å². The molecule has 33 atom stereocenters. The first-order chi connectivity index (χ1) is 41.7. The monoisotopic (exact) mass is 1180 g/mol. The van der Waals surface area contributed by atoms with Gasteiger partial charge in [0, 0.05) is 14.2 Å². The molecule has 21 rings (SSSR count). The zero-order valence-corrected chi connectivity index (χ0v) is 51.9. The first-order valence-electron chi connectivity index (χ1n) is 36.8. The number of rotatable bonds is 15. The van der Waals surface area contributed by atoms with Crippen molar-refractivity contribution in [3.05, 3.63) is 0 Å². The van der Waals surface area contributed by atoms with Crippen LogP contribution in [-0.4, -0.2) is 115 Å². The van der Waals surface area contributed by atoms with Crippen LogP contribution in [0.5, 0.6) is 0 Å². The van der Waals surface area contributed by atoms with E-state index in [1.54, 1.807) is 14.2 Å². The molecule has 2 spiro atoms. The number of carbonyl (C=O) groups is 2. The molecule has 12 nitrogen and oxygen atoms in total. The number of aliphatic hydroxyl groups excluding tert-OH is 2. The van der Waals surface area contributed by atoms with Gasteiger partial charge in [0.05, 0.1) is 58.8 Å². The summed E-state index contributed by atoms with van der Waals surface area (Å²) in [4.78, 5) is 31.7. The second kappa shape index (κ2) is 21.6. The number of fused-ring (bicyclic) bond motifs is 8. The van der Waals surface area contributed by atoms with Crippen LogP contribution in [0.25, 0.3) is 0 Å². The Bertz CT molecular complexity index is 2470. The highest BCUT2D eigenvalue weighted by Gasteiger charge is 2.88. The number of ether oxygens (including phenoxy) is 8. The highest BCUT2D eigenvalue weighted by atomic mass is 16.6. The molecular formula is C73H108O12. The second-order valence-electron chi connectivity index (χ2n) is 34.4. The van der Waals surface area contributed by atoms with E-state index >= 15 is 9.59 Å². The number of carbonyl (C=O) groups excluding carboxylic acids is 2. The van der Waals surface area contributed by atoms with Gasteiger partial charge in [-0.2, -0.15) is 0 Å². The van der Waals surface area contributed by atoms with Crippen LogP contribution in [0.15, 0.2) is 0 Å². The summed E-state index contributed by atoms with van der Waals surface area (Å²) >= 11 is 0. The average molecular weight is 1180 g/mol. The van der Waals surface area contributed by atoms with Crippen molar-refractivity contribution in [3.8, 4) is 0 Å². The summed E-state index contributed by atoms with van der Waals surface area (Å²) in [7, 11) is 3.36. The van der Waals surface area contributed by atoms with Crippen molar-refractivity contribution in [2.24, 2.45) is 200 Å². The normalized spacial score (nSPS) is 56.9. The number of hydrogen-bond acceptors (Lipinski definition) is 12. The van der Waals surface area contributed by atoms with Crippen molar-refractivity contribution in [3.63, 3.8) is 0 Å². The highest BCUT2D eigenvalue weighted by Crippen LogP contribution is 2.92. The largest absolute Gasteiger partial charge is 0.463 e. The second-order valence-corrected chi connectivity index (χ2v) is 34.4. The third kappa shape index (κ3) is 8.15. The lowest BCUT2D eigenvalue weighted by molar-refractivity contribution is -0.282. The molecule has 15 bridgehead atoms. The topological polar surface area (TPSA) is 148 Å². The maximum atomic E-state index is 15.8. The van der Waals surface area contributed by atoms with Gasteiger partial charge in [-0.1, -0.05) is 57.8 Å². The van der Waals surface area contributed by atoms with Gasteiger partial charge < -0.3 is 48.1 Å². The summed E-state index contributed by atoms with van der Waals surface area (Å²) < 4.78 is 49.8. The lowest BCUT2D eigenvalue weighted by Gasteiger charge is -2.68. The standard InChI is InChI=1S/C73H108O12/c1-78-19-21-80-23-25-82-68(74)64(69(75)83-26-24-81-22-20-79-2)54-48-30-47-44-15-13-38-6-3-36-4-10-40(11-5-36)34-84-70(76)67-71(77)85-35-41-12-8-37(27-41)7-9-39-14-16-49-56(54)59-55(48)58-53(47)52-46(45(44)28-38)29-43-33-73(67)32-42-17-18-72(49,31-39)65-50(42)62-61(63(59)65)60(58)57(52)51(43)66(62)73/h36-67,70-71,76-77H,3-35H2,1-2H3/t36?,37?,38?,39?,40?,41?,42-,43+,44-,45-,46+,47-,48+,49?,50-,51-,52+,53-,54+,55-,56-,57?,58-,59+,60?,61?,62-,63?,65-,66-,67?,70?,71?,72-,73+/m1/s1. The predicted molar refractivity (Wildman–Crippen MR) is 314 cm³/mol. The molecule has 472 valence electrons. The van der Waals surface area contributed by atoms with Crippen molar-refractivity contribution < 1.29 is 57.7 Å². The molecule has 21 aliphatic rings. The molecule has 12 unspecified atom stereocenters. The number of esters is 2. The van der Waals surface area contributed by atoms with Crippen LogP contribution in [0.3, 0.4) is 0 Å². The Labute approximate surface area is 508 Å². The Morgan fingerprint density at radius 1 is 0.412 bits per heavy atom. The zero-order valence-electron chi connectivity index (χ0n) is 51.9. The molecule has 0 aromatic heterocycles. The van der Waals surface area contributed by atoms with E-state index in [0.717, 1.165) is 54.3 Å². The summed E-state index contributed by atoms with van der Waals surface area (Å²) in [6.45, 7) is 3.83. The van der Waals surface area contributed by atoms with E-state index in [9.17, 15) is 10.2 Å². The van der Waals surface area contributed by atoms with Crippen LogP contribution >= 0.6 is 0 Å². The Kier molecular flexibility index (Phi) is 14.3. The van der Waals surface area contributed by atoms with Crippen LogP contribution in [-0.2, 0) is 47.5 Å². The van der Waals surface area contributed by atoms with Crippen LogP contribution in [0.2, 0.25) is 0 Å². The van der Waals surface area contributed by atoms with Crippen LogP contribution in [0.1, 0.15) is 148 Å². The molecule has 85 heavy (non-hydrogen) atoms. The summed E-state index contributed by atoms with van der Waals surface area (Å²) in [6, 6.07) is 0. The molecule has 16 saturated carbocycles. The average Bonchev–Trinajstić information content (AvgIpc) is 1.46. The van der Waals surface area contributed by atoms with E-state index in [4.69, 9.17) is 37.9 Å². The van der Waals surface area contributed by atoms with Gasteiger partial charge in [-0.25, -0.2) is 0 Å². The minimum Gasteiger partial charge on any atom is -0.463 e. The molecule has 0 amide bonds. The van der Waals surface area contributed by atoms with Crippen LogP contribution in [0, 0.1) is 200 Å². The van der Waals surface area contributed by atoms with Gasteiger partial charge in [-0.05, 0) is 278 Å². The molecule has 21 fully saturated rings. The number of hydrogen-bond donors (Lipinski definition) is 2. The predicted octanol–water partition coefficient (Wildman–Crippen LogP) is 11.0. The van der Waals surface area contributed by atoms with Gasteiger partial charge in [0.15, 0.2) is 18.5 Å². The van der Waals surface area contributed by atoms with Crippen molar-refractivity contribution in [1.29, 1.82) is 0 Å². The van der Waals surface area contributed by atoms with Gasteiger partial charge in [0.2, 0.25) is 0 Å². The Morgan fingerprint density at radius 3 is 1.66 bits per heavy atom. The molecule has 0 aromatic carbocycles. The van der Waals surface area contributed by atoms with Crippen molar-refractivity contribution in [2.75, 3.05) is 80.3 Å². The van der Waals surface area contributed by atoms with Crippen molar-refractivity contribution >= 4 is 11.9 Å². The SMILES string of the molecule is COCCOCCOC(=O)C(C(=O)OCCOCCOC)[C@H]1[C@@H]2C[C@@H]3[C@@H]4CCC5CCC6CCC(CC6)COC(O)C6C(O)OCC7CCC(CCC8CCC9[C@H]1[C@H]1C%10C%11C%12C%13[C@@H]([C@@H](C[C@H]%14C[C@]6%15C[C@H]6CC[C@]9(C8)[C@@H]%10[C@H]6[C@H]%11[C@H]%15[C@@H]%13%14)[C@@H]4C5)[C@@H]3[C@@H]%12[C@@H]21)C7. The van der Waals surface area contributed by atoms with Gasteiger partial charge >= 0.3 is 11.9 Å². The fourth-order valence-corrected chi connectivity index (χ4v) is 31.5. The smallest absolute Gasteiger partial charge is 0.320 e. The lowest BCUT2D eigenvalue weighted by Crippen LogP contribution is -2.63. The third-order valence-electron chi connectivity index (χ3n) is 32.6. The lowest BCUT2D eigenvalue weighted by atomic mass is 9.37. The molecule has 16 aliphatic carbocycles.